The van der Waals surface area contributed by atoms with Gasteiger partial charge < -0.3 is 9.84 Å². The van der Waals surface area contributed by atoms with Crippen LogP contribution < -0.4 is 0 Å². The van der Waals surface area contributed by atoms with E-state index >= 15 is 0 Å². The van der Waals surface area contributed by atoms with Crippen LogP contribution in [0.25, 0.3) is 35.2 Å². The van der Waals surface area contributed by atoms with Crippen LogP contribution in [0.3, 0.4) is 0 Å². The summed E-state index contributed by atoms with van der Waals surface area (Å²) in [6.45, 7) is 1.74. The van der Waals surface area contributed by atoms with Crippen molar-refractivity contribution < 1.29 is 19.0 Å². The molecule has 0 bridgehead atoms. The van der Waals surface area contributed by atoms with Crippen molar-refractivity contribution in [3.8, 4) is 0 Å². The van der Waals surface area contributed by atoms with Gasteiger partial charge in [-0.3, -0.25) is 4.79 Å². The van der Waals surface area contributed by atoms with E-state index in [4.69, 9.17) is 16.3 Å². The van der Waals surface area contributed by atoms with Gasteiger partial charge in [0.1, 0.15) is 11.9 Å². The van der Waals surface area contributed by atoms with Crippen molar-refractivity contribution in [2.24, 2.45) is 5.92 Å². The van der Waals surface area contributed by atoms with Crippen LogP contribution in [0, 0.1) is 11.7 Å². The van der Waals surface area contributed by atoms with Crippen molar-refractivity contribution in [3.05, 3.63) is 111 Å². The third kappa shape index (κ3) is 4.94. The summed E-state index contributed by atoms with van der Waals surface area (Å²) in [7, 11) is 0. The molecule has 1 unspecified atom stereocenters. The number of aliphatic carboxylic acids is 1. The summed E-state index contributed by atoms with van der Waals surface area (Å²) >= 11 is 5.92. The largest absolute Gasteiger partial charge is 0.481 e. The Labute approximate surface area is 213 Å². The van der Waals surface area contributed by atoms with Gasteiger partial charge >= 0.3 is 5.97 Å². The molecule has 0 saturated heterocycles. The van der Waals surface area contributed by atoms with Crippen LogP contribution in [0.5, 0.6) is 0 Å². The molecule has 1 heterocycles. The summed E-state index contributed by atoms with van der Waals surface area (Å²) in [5, 5.41) is 10.1. The molecule has 0 saturated carbocycles. The monoisotopic (exact) mass is 499 g/mol. The van der Waals surface area contributed by atoms with E-state index in [1.54, 1.807) is 6.92 Å². The first kappa shape index (κ1) is 23.9. The lowest BCUT2D eigenvalue weighted by Gasteiger charge is -2.22. The number of pyridine rings is 1. The van der Waals surface area contributed by atoms with Crippen LogP contribution in [0.1, 0.15) is 46.5 Å². The summed E-state index contributed by atoms with van der Waals surface area (Å²) < 4.78 is 20.0. The Morgan fingerprint density at radius 1 is 1.06 bits per heavy atom. The van der Waals surface area contributed by atoms with Gasteiger partial charge in [0, 0.05) is 5.39 Å². The van der Waals surface area contributed by atoms with E-state index in [1.165, 1.54) is 12.1 Å². The van der Waals surface area contributed by atoms with Crippen LogP contribution in [0.2, 0.25) is 5.02 Å². The SMILES string of the molecule is C[C@H](COC1c2ccccc2C=Cc2ccc(C=Cc3ccc4cc(F)c(Cl)cc4n3)cc21)C(=O)O. The predicted molar refractivity (Wildman–Crippen MR) is 142 cm³/mol. The Morgan fingerprint density at radius 2 is 1.83 bits per heavy atom. The summed E-state index contributed by atoms with van der Waals surface area (Å²) in [6.07, 6.45) is 7.55. The fourth-order valence-corrected chi connectivity index (χ4v) is 4.38. The molecule has 2 atom stereocenters. The summed E-state index contributed by atoms with van der Waals surface area (Å²) in [6, 6.07) is 20.6. The van der Waals surface area contributed by atoms with E-state index < -0.39 is 23.8 Å². The van der Waals surface area contributed by atoms with E-state index in [0.29, 0.717) is 16.6 Å². The van der Waals surface area contributed by atoms with E-state index in [-0.39, 0.29) is 11.6 Å². The van der Waals surface area contributed by atoms with Crippen molar-refractivity contribution in [1.82, 2.24) is 4.98 Å². The molecule has 4 aromatic rings. The second kappa shape index (κ2) is 10.1. The molecular weight excluding hydrogens is 477 g/mol. The number of hydrogen-bond donors (Lipinski definition) is 1. The highest BCUT2D eigenvalue weighted by Gasteiger charge is 2.24. The molecule has 4 nitrogen and oxygen atoms in total. The second-order valence-corrected chi connectivity index (χ2v) is 9.24. The Morgan fingerprint density at radius 3 is 2.64 bits per heavy atom. The zero-order chi connectivity index (χ0) is 25.2. The summed E-state index contributed by atoms with van der Waals surface area (Å²) in [5.74, 6) is -1.98. The highest BCUT2D eigenvalue weighted by molar-refractivity contribution is 6.31. The Kier molecular flexibility index (Phi) is 6.68. The number of hydrogen-bond acceptors (Lipinski definition) is 3. The van der Waals surface area contributed by atoms with E-state index in [1.807, 2.05) is 60.7 Å². The summed E-state index contributed by atoms with van der Waals surface area (Å²) in [5.41, 5.74) is 6.28. The number of benzene rings is 3. The van der Waals surface area contributed by atoms with E-state index in [2.05, 4.69) is 23.2 Å². The van der Waals surface area contributed by atoms with E-state index in [0.717, 1.165) is 27.8 Å². The molecule has 0 radical (unpaired) electrons. The lowest BCUT2D eigenvalue weighted by atomic mass is 9.94. The topological polar surface area (TPSA) is 59.4 Å². The average Bonchev–Trinajstić information content (AvgIpc) is 3.03. The Hall–Kier alpha value is -3.80. The van der Waals surface area contributed by atoms with Crippen molar-refractivity contribution in [2.75, 3.05) is 6.61 Å². The smallest absolute Gasteiger partial charge is 0.308 e. The second-order valence-electron chi connectivity index (χ2n) is 8.83. The molecule has 3 aromatic carbocycles. The maximum absolute atomic E-state index is 13.7. The molecule has 0 fully saturated rings. The van der Waals surface area contributed by atoms with Gasteiger partial charge in [-0.05, 0) is 65.1 Å². The first-order valence-electron chi connectivity index (χ1n) is 11.6. The standard InChI is InChI=1S/C30H23ClFNO3/c1-18(30(34)35)17-36-29-24-5-3-2-4-20(24)9-10-21-8-6-19(14-25(21)29)7-12-23-13-11-22-15-27(32)26(31)16-28(22)33-23/h2-16,18,29H,17H2,1H3,(H,34,35)/t18-,29?/m1/s1. The fraction of sp³-hybridized carbons (Fsp3) is 0.133. The lowest BCUT2D eigenvalue weighted by Crippen LogP contribution is -2.19. The molecule has 0 aliphatic heterocycles. The molecule has 36 heavy (non-hydrogen) atoms. The maximum Gasteiger partial charge on any atom is 0.308 e. The number of carbonyl (C=O) groups is 1. The zero-order valence-corrected chi connectivity index (χ0v) is 20.2. The van der Waals surface area contributed by atoms with Crippen molar-refractivity contribution in [2.45, 2.75) is 13.0 Å². The number of nitrogens with zero attached hydrogens (tertiary/aromatic N) is 1. The molecule has 1 N–H and O–H groups in total. The first-order valence-corrected chi connectivity index (χ1v) is 12.0. The number of carboxylic acids is 1. The zero-order valence-electron chi connectivity index (χ0n) is 19.5. The predicted octanol–water partition coefficient (Wildman–Crippen LogP) is 7.51. The molecule has 180 valence electrons. The third-order valence-electron chi connectivity index (χ3n) is 6.25. The molecule has 6 heteroatoms. The van der Waals surface area contributed by atoms with Gasteiger partial charge in [-0.1, -0.05) is 72.3 Å². The number of carboxylic acid groups (broad SMARTS) is 1. The van der Waals surface area contributed by atoms with Crippen LogP contribution in [-0.2, 0) is 9.53 Å². The molecule has 5 rings (SSSR count). The molecule has 1 aromatic heterocycles. The third-order valence-corrected chi connectivity index (χ3v) is 6.54. The van der Waals surface area contributed by atoms with Gasteiger partial charge in [-0.15, -0.1) is 0 Å². The van der Waals surface area contributed by atoms with Gasteiger partial charge in [-0.2, -0.15) is 0 Å². The molecular formula is C30H23ClFNO3. The maximum atomic E-state index is 13.7. The number of aromatic nitrogens is 1. The van der Waals surface area contributed by atoms with Crippen molar-refractivity contribution in [1.29, 1.82) is 0 Å². The number of fused-ring (bicyclic) bond motifs is 3. The van der Waals surface area contributed by atoms with Crippen LogP contribution in [0.4, 0.5) is 4.39 Å². The minimum atomic E-state index is -0.890. The number of halogens is 2. The average molecular weight is 500 g/mol. The number of rotatable bonds is 6. The minimum Gasteiger partial charge on any atom is -0.481 e. The minimum absolute atomic E-state index is 0.0403. The highest BCUT2D eigenvalue weighted by atomic mass is 35.5. The molecule has 0 spiro atoms. The van der Waals surface area contributed by atoms with Gasteiger partial charge in [0.25, 0.3) is 0 Å². The van der Waals surface area contributed by atoms with Gasteiger partial charge in [0.15, 0.2) is 0 Å². The molecule has 1 aliphatic carbocycles. The lowest BCUT2D eigenvalue weighted by molar-refractivity contribution is -0.143. The summed E-state index contributed by atoms with van der Waals surface area (Å²) in [4.78, 5) is 16.0. The molecule has 0 amide bonds. The van der Waals surface area contributed by atoms with Crippen LogP contribution in [0.15, 0.2) is 66.7 Å². The number of ether oxygens (including phenoxy) is 1. The highest BCUT2D eigenvalue weighted by Crippen LogP contribution is 2.36. The molecule has 1 aliphatic rings. The first-order chi connectivity index (χ1) is 17.4. The van der Waals surface area contributed by atoms with Crippen molar-refractivity contribution in [3.63, 3.8) is 0 Å². The Balaban J connectivity index is 1.49. The van der Waals surface area contributed by atoms with Gasteiger partial charge in [-0.25, -0.2) is 9.37 Å². The quantitative estimate of drug-likeness (QED) is 0.298. The normalized spacial score (nSPS) is 15.5. The van der Waals surface area contributed by atoms with E-state index in [9.17, 15) is 14.3 Å². The van der Waals surface area contributed by atoms with Gasteiger partial charge in [0.05, 0.1) is 28.8 Å². The Bertz CT molecular complexity index is 1530. The van der Waals surface area contributed by atoms with Crippen LogP contribution >= 0.6 is 11.6 Å². The van der Waals surface area contributed by atoms with Gasteiger partial charge in [0.2, 0.25) is 0 Å². The fourth-order valence-electron chi connectivity index (χ4n) is 4.22. The van der Waals surface area contributed by atoms with Crippen molar-refractivity contribution >= 4 is 52.8 Å². The van der Waals surface area contributed by atoms with Crippen LogP contribution in [-0.4, -0.2) is 22.7 Å².